The Morgan fingerprint density at radius 2 is 1.58 bits per heavy atom. The highest BCUT2D eigenvalue weighted by atomic mass is 16.1. The molecule has 2 aromatic carbocycles. The standard InChI is InChI=1S/C14H10N2O.C2H6/c1-15-12-7-9-13(10-8-12)16-14(17)11-5-3-2-4-6-11;1-2/h2-10H,(H,16,17);1-2H3. The molecule has 0 aliphatic heterocycles. The zero-order valence-corrected chi connectivity index (χ0v) is 11.1. The molecule has 0 spiro atoms. The first-order valence-electron chi connectivity index (χ1n) is 6.13. The van der Waals surface area contributed by atoms with E-state index in [1.165, 1.54) is 0 Å². The fourth-order valence-corrected chi connectivity index (χ4v) is 1.41. The highest BCUT2D eigenvalue weighted by molar-refractivity contribution is 6.04. The second kappa shape index (κ2) is 7.67. The minimum atomic E-state index is -0.152. The molecular weight excluding hydrogens is 236 g/mol. The number of carbonyl (C=O) groups is 1. The summed E-state index contributed by atoms with van der Waals surface area (Å²) in [5.74, 6) is -0.152. The molecule has 0 saturated carbocycles. The van der Waals surface area contributed by atoms with Crippen molar-refractivity contribution in [1.82, 2.24) is 0 Å². The Balaban J connectivity index is 0.000000861. The molecular formula is C16H16N2O. The van der Waals surface area contributed by atoms with Crippen molar-refractivity contribution in [3.63, 3.8) is 0 Å². The van der Waals surface area contributed by atoms with Crippen LogP contribution in [-0.2, 0) is 0 Å². The van der Waals surface area contributed by atoms with E-state index in [0.717, 1.165) is 0 Å². The van der Waals surface area contributed by atoms with Crippen molar-refractivity contribution in [2.75, 3.05) is 5.32 Å². The first-order chi connectivity index (χ1) is 9.29. The van der Waals surface area contributed by atoms with Crippen molar-refractivity contribution in [2.45, 2.75) is 13.8 Å². The lowest BCUT2D eigenvalue weighted by molar-refractivity contribution is 0.102. The van der Waals surface area contributed by atoms with Gasteiger partial charge < -0.3 is 5.32 Å². The zero-order valence-electron chi connectivity index (χ0n) is 11.1. The van der Waals surface area contributed by atoms with Crippen LogP contribution >= 0.6 is 0 Å². The molecule has 0 atom stereocenters. The minimum Gasteiger partial charge on any atom is -0.322 e. The summed E-state index contributed by atoms with van der Waals surface area (Å²) in [5, 5.41) is 2.77. The molecule has 0 aliphatic rings. The van der Waals surface area contributed by atoms with Gasteiger partial charge in [0.15, 0.2) is 5.69 Å². The molecule has 2 aromatic rings. The number of nitrogens with zero attached hydrogens (tertiary/aromatic N) is 1. The highest BCUT2D eigenvalue weighted by Gasteiger charge is 2.04. The van der Waals surface area contributed by atoms with Gasteiger partial charge in [0, 0.05) is 11.3 Å². The Morgan fingerprint density at radius 3 is 2.11 bits per heavy atom. The molecule has 3 heteroatoms. The van der Waals surface area contributed by atoms with Gasteiger partial charge in [0.25, 0.3) is 5.91 Å². The van der Waals surface area contributed by atoms with E-state index in [1.807, 2.05) is 32.0 Å². The fourth-order valence-electron chi connectivity index (χ4n) is 1.41. The van der Waals surface area contributed by atoms with Gasteiger partial charge in [0.05, 0.1) is 6.57 Å². The second-order valence-electron chi connectivity index (χ2n) is 3.48. The topological polar surface area (TPSA) is 33.5 Å². The second-order valence-corrected chi connectivity index (χ2v) is 3.48. The number of nitrogens with one attached hydrogen (secondary N) is 1. The Bertz CT molecular complexity index is 554. The zero-order chi connectivity index (χ0) is 14.1. The SMILES string of the molecule is CC.[C-]#[N+]c1ccc(NC(=O)c2ccccc2)cc1. The van der Waals surface area contributed by atoms with Gasteiger partial charge in [0.1, 0.15) is 0 Å². The van der Waals surface area contributed by atoms with Crippen molar-refractivity contribution in [1.29, 1.82) is 0 Å². The van der Waals surface area contributed by atoms with Crippen LogP contribution in [0.1, 0.15) is 24.2 Å². The number of anilines is 1. The molecule has 2 rings (SSSR count). The molecule has 0 bridgehead atoms. The molecule has 19 heavy (non-hydrogen) atoms. The molecule has 0 radical (unpaired) electrons. The van der Waals surface area contributed by atoms with Crippen LogP contribution in [0.4, 0.5) is 11.4 Å². The molecule has 1 N–H and O–H groups in total. The van der Waals surface area contributed by atoms with E-state index in [-0.39, 0.29) is 5.91 Å². The molecule has 0 heterocycles. The number of hydrogen-bond donors (Lipinski definition) is 1. The van der Waals surface area contributed by atoms with Gasteiger partial charge in [-0.05, 0) is 24.3 Å². The van der Waals surface area contributed by atoms with Crippen molar-refractivity contribution >= 4 is 17.3 Å². The van der Waals surface area contributed by atoms with Crippen LogP contribution in [0, 0.1) is 6.57 Å². The molecule has 0 saturated heterocycles. The summed E-state index contributed by atoms with van der Waals surface area (Å²) in [4.78, 5) is 15.1. The number of carbonyl (C=O) groups excluding carboxylic acids is 1. The van der Waals surface area contributed by atoms with E-state index in [4.69, 9.17) is 6.57 Å². The van der Waals surface area contributed by atoms with Crippen LogP contribution in [0.15, 0.2) is 54.6 Å². The maximum absolute atomic E-state index is 11.8. The molecule has 1 amide bonds. The maximum Gasteiger partial charge on any atom is 0.255 e. The van der Waals surface area contributed by atoms with E-state index >= 15 is 0 Å². The van der Waals surface area contributed by atoms with Gasteiger partial charge in [-0.25, -0.2) is 4.85 Å². The fraction of sp³-hybridized carbons (Fsp3) is 0.125. The predicted octanol–water partition coefficient (Wildman–Crippen LogP) is 4.52. The van der Waals surface area contributed by atoms with Crippen molar-refractivity contribution in [3.8, 4) is 0 Å². The van der Waals surface area contributed by atoms with E-state index in [1.54, 1.807) is 36.4 Å². The molecule has 0 unspecified atom stereocenters. The van der Waals surface area contributed by atoms with Crippen LogP contribution in [0.3, 0.4) is 0 Å². The van der Waals surface area contributed by atoms with E-state index in [9.17, 15) is 4.79 Å². The van der Waals surface area contributed by atoms with Crippen molar-refractivity contribution in [3.05, 3.63) is 71.6 Å². The summed E-state index contributed by atoms with van der Waals surface area (Å²) in [6.07, 6.45) is 0. The van der Waals surface area contributed by atoms with E-state index < -0.39 is 0 Å². The van der Waals surface area contributed by atoms with Crippen LogP contribution < -0.4 is 5.32 Å². The Kier molecular flexibility index (Phi) is 5.84. The lowest BCUT2D eigenvalue weighted by Gasteiger charge is -2.04. The van der Waals surface area contributed by atoms with Gasteiger partial charge in [-0.15, -0.1) is 0 Å². The lowest BCUT2D eigenvalue weighted by atomic mass is 10.2. The smallest absolute Gasteiger partial charge is 0.255 e. The quantitative estimate of drug-likeness (QED) is 0.783. The van der Waals surface area contributed by atoms with Gasteiger partial charge in [-0.1, -0.05) is 44.2 Å². The predicted molar refractivity (Wildman–Crippen MR) is 78.4 cm³/mol. The summed E-state index contributed by atoms with van der Waals surface area (Å²) in [7, 11) is 0. The molecule has 0 aromatic heterocycles. The molecule has 0 aliphatic carbocycles. The maximum atomic E-state index is 11.8. The van der Waals surface area contributed by atoms with Crippen LogP contribution in [0.2, 0.25) is 0 Å². The Labute approximate surface area is 113 Å². The third kappa shape index (κ3) is 4.29. The Hall–Kier alpha value is -2.60. The number of hydrogen-bond acceptors (Lipinski definition) is 1. The van der Waals surface area contributed by atoms with Crippen LogP contribution in [0.5, 0.6) is 0 Å². The molecule has 96 valence electrons. The normalized spacial score (nSPS) is 8.68. The monoisotopic (exact) mass is 252 g/mol. The van der Waals surface area contributed by atoms with E-state index in [0.29, 0.717) is 16.9 Å². The van der Waals surface area contributed by atoms with Crippen LogP contribution in [0.25, 0.3) is 4.85 Å². The summed E-state index contributed by atoms with van der Waals surface area (Å²) in [5.41, 5.74) is 1.86. The van der Waals surface area contributed by atoms with Crippen molar-refractivity contribution < 1.29 is 4.79 Å². The number of benzene rings is 2. The summed E-state index contributed by atoms with van der Waals surface area (Å²) in [6.45, 7) is 10.8. The largest absolute Gasteiger partial charge is 0.322 e. The minimum absolute atomic E-state index is 0.152. The first-order valence-corrected chi connectivity index (χ1v) is 6.13. The highest BCUT2D eigenvalue weighted by Crippen LogP contribution is 2.16. The average molecular weight is 252 g/mol. The number of rotatable bonds is 2. The van der Waals surface area contributed by atoms with Gasteiger partial charge >= 0.3 is 0 Å². The summed E-state index contributed by atoms with van der Waals surface area (Å²) >= 11 is 0. The Morgan fingerprint density at radius 1 is 1.00 bits per heavy atom. The summed E-state index contributed by atoms with van der Waals surface area (Å²) < 4.78 is 0. The van der Waals surface area contributed by atoms with Gasteiger partial charge in [-0.3, -0.25) is 4.79 Å². The summed E-state index contributed by atoms with van der Waals surface area (Å²) in [6, 6.07) is 15.8. The van der Waals surface area contributed by atoms with E-state index in [2.05, 4.69) is 10.2 Å². The average Bonchev–Trinajstić information content (AvgIpc) is 2.51. The van der Waals surface area contributed by atoms with Crippen LogP contribution in [-0.4, -0.2) is 5.91 Å². The first kappa shape index (κ1) is 14.5. The third-order valence-corrected chi connectivity index (χ3v) is 2.29. The molecule has 3 nitrogen and oxygen atoms in total. The lowest BCUT2D eigenvalue weighted by Crippen LogP contribution is -2.11. The van der Waals surface area contributed by atoms with Gasteiger partial charge in [-0.2, -0.15) is 0 Å². The number of amides is 1. The third-order valence-electron chi connectivity index (χ3n) is 2.29. The molecule has 0 fully saturated rings. The van der Waals surface area contributed by atoms with Gasteiger partial charge in [0.2, 0.25) is 0 Å². The van der Waals surface area contributed by atoms with Crippen molar-refractivity contribution in [2.24, 2.45) is 0 Å².